The largest absolute Gasteiger partial charge is 0.383 e. The van der Waals surface area contributed by atoms with Crippen LogP contribution in [0.1, 0.15) is 45.4 Å². The molecule has 1 heterocycles. The third kappa shape index (κ3) is 3.00. The molecule has 1 fully saturated rings. The average Bonchev–Trinajstić information content (AvgIpc) is 2.63. The molecule has 2 rings (SSSR count). The Morgan fingerprint density at radius 1 is 1.26 bits per heavy atom. The number of nitrogens with one attached hydrogen (secondary N) is 2. The van der Waals surface area contributed by atoms with E-state index in [4.69, 9.17) is 5.73 Å². The van der Waals surface area contributed by atoms with Gasteiger partial charge in [0.1, 0.15) is 11.5 Å². The molecule has 0 bridgehead atoms. The van der Waals surface area contributed by atoms with Crippen LogP contribution in [0, 0.1) is 0 Å². The Balaban J connectivity index is 2.29. The number of aromatic amines is 1. The first kappa shape index (κ1) is 13.7. The number of nitrogen functional groups attached to an aromatic ring is 1. The van der Waals surface area contributed by atoms with Crippen LogP contribution in [-0.2, 0) is 6.54 Å². The first-order valence-electron chi connectivity index (χ1n) is 7.02. The van der Waals surface area contributed by atoms with Gasteiger partial charge < -0.3 is 11.1 Å². The van der Waals surface area contributed by atoms with Gasteiger partial charge in [0.15, 0.2) is 0 Å². The number of rotatable bonds is 3. The first-order valence-corrected chi connectivity index (χ1v) is 7.02. The van der Waals surface area contributed by atoms with Crippen LogP contribution < -0.4 is 22.3 Å². The lowest BCUT2D eigenvalue weighted by atomic mass is 10.1. The molecule has 0 amide bonds. The van der Waals surface area contributed by atoms with Crippen molar-refractivity contribution >= 4 is 11.5 Å². The van der Waals surface area contributed by atoms with E-state index < -0.39 is 11.2 Å². The van der Waals surface area contributed by atoms with Crippen LogP contribution in [0.15, 0.2) is 9.59 Å². The van der Waals surface area contributed by atoms with Crippen molar-refractivity contribution in [2.75, 3.05) is 11.1 Å². The molecule has 1 aromatic heterocycles. The second-order valence-corrected chi connectivity index (χ2v) is 5.10. The van der Waals surface area contributed by atoms with Gasteiger partial charge in [0, 0.05) is 12.6 Å². The number of anilines is 2. The summed E-state index contributed by atoms with van der Waals surface area (Å²) in [6.45, 7) is 2.27. The molecule has 6 heteroatoms. The highest BCUT2D eigenvalue weighted by molar-refractivity contribution is 5.60. The van der Waals surface area contributed by atoms with Gasteiger partial charge in [-0.15, -0.1) is 0 Å². The zero-order valence-electron chi connectivity index (χ0n) is 11.4. The van der Waals surface area contributed by atoms with Gasteiger partial charge in [-0.05, 0) is 19.8 Å². The van der Waals surface area contributed by atoms with Crippen molar-refractivity contribution in [2.45, 2.75) is 58.0 Å². The minimum absolute atomic E-state index is 0.237. The van der Waals surface area contributed by atoms with E-state index >= 15 is 0 Å². The Morgan fingerprint density at radius 2 is 1.89 bits per heavy atom. The van der Waals surface area contributed by atoms with E-state index in [-0.39, 0.29) is 11.9 Å². The summed E-state index contributed by atoms with van der Waals surface area (Å²) in [6.07, 6.45) is 6.93. The maximum absolute atomic E-state index is 11.9. The Labute approximate surface area is 112 Å². The van der Waals surface area contributed by atoms with Crippen LogP contribution in [-0.4, -0.2) is 15.6 Å². The molecule has 19 heavy (non-hydrogen) atoms. The fourth-order valence-corrected chi connectivity index (χ4v) is 2.67. The van der Waals surface area contributed by atoms with E-state index in [1.165, 1.54) is 30.3 Å². The van der Waals surface area contributed by atoms with Crippen LogP contribution in [0.5, 0.6) is 0 Å². The summed E-state index contributed by atoms with van der Waals surface area (Å²) in [5, 5.41) is 3.23. The Hall–Kier alpha value is -1.72. The van der Waals surface area contributed by atoms with E-state index in [0.717, 1.165) is 12.8 Å². The van der Waals surface area contributed by atoms with Crippen molar-refractivity contribution in [1.82, 2.24) is 9.55 Å². The standard InChI is InChI=1S/C13H22N4O2/c1-2-17-11(14)10(12(18)16-13(17)19)15-9-7-5-3-4-6-8-9/h9,15H,2-8,14H2,1H3,(H,16,18,19). The summed E-state index contributed by atoms with van der Waals surface area (Å²) < 4.78 is 1.38. The summed E-state index contributed by atoms with van der Waals surface area (Å²) in [6, 6.07) is 0.272. The molecule has 1 saturated carbocycles. The van der Waals surface area contributed by atoms with Crippen molar-refractivity contribution in [2.24, 2.45) is 0 Å². The maximum atomic E-state index is 11.9. The topological polar surface area (TPSA) is 92.9 Å². The highest BCUT2D eigenvalue weighted by Crippen LogP contribution is 2.21. The van der Waals surface area contributed by atoms with Gasteiger partial charge in [0.05, 0.1) is 0 Å². The Bertz CT molecular complexity index is 539. The molecular weight excluding hydrogens is 244 g/mol. The van der Waals surface area contributed by atoms with Crippen LogP contribution >= 0.6 is 0 Å². The van der Waals surface area contributed by atoms with Gasteiger partial charge in [0.2, 0.25) is 0 Å². The SMILES string of the molecule is CCn1c(N)c(NC2CCCCCC2)c(=O)[nH]c1=O. The number of H-pyrrole nitrogens is 1. The molecular formula is C13H22N4O2. The Kier molecular flexibility index (Phi) is 4.29. The molecule has 0 saturated heterocycles. The van der Waals surface area contributed by atoms with E-state index in [9.17, 15) is 9.59 Å². The molecule has 0 radical (unpaired) electrons. The molecule has 0 aliphatic heterocycles. The molecule has 0 unspecified atom stereocenters. The van der Waals surface area contributed by atoms with E-state index in [1.54, 1.807) is 0 Å². The quantitative estimate of drug-likeness (QED) is 0.718. The third-order valence-electron chi connectivity index (χ3n) is 3.76. The second-order valence-electron chi connectivity index (χ2n) is 5.10. The molecule has 6 nitrogen and oxygen atoms in total. The lowest BCUT2D eigenvalue weighted by Crippen LogP contribution is -2.35. The van der Waals surface area contributed by atoms with E-state index in [0.29, 0.717) is 12.2 Å². The first-order chi connectivity index (χ1) is 9.13. The highest BCUT2D eigenvalue weighted by Gasteiger charge is 2.17. The highest BCUT2D eigenvalue weighted by atomic mass is 16.2. The normalized spacial score (nSPS) is 17.1. The van der Waals surface area contributed by atoms with Crippen LogP contribution in [0.3, 0.4) is 0 Å². The van der Waals surface area contributed by atoms with Gasteiger partial charge in [-0.2, -0.15) is 0 Å². The van der Waals surface area contributed by atoms with Crippen molar-refractivity contribution < 1.29 is 0 Å². The van der Waals surface area contributed by atoms with Gasteiger partial charge in [-0.1, -0.05) is 25.7 Å². The lowest BCUT2D eigenvalue weighted by molar-refractivity contribution is 0.616. The summed E-state index contributed by atoms with van der Waals surface area (Å²) in [7, 11) is 0. The summed E-state index contributed by atoms with van der Waals surface area (Å²) in [4.78, 5) is 25.8. The molecule has 0 atom stereocenters. The second kappa shape index (κ2) is 5.95. The predicted molar refractivity (Wildman–Crippen MR) is 76.5 cm³/mol. The number of hydrogen-bond acceptors (Lipinski definition) is 4. The fourth-order valence-electron chi connectivity index (χ4n) is 2.67. The third-order valence-corrected chi connectivity index (χ3v) is 3.76. The van der Waals surface area contributed by atoms with Crippen LogP contribution in [0.4, 0.5) is 11.5 Å². The Morgan fingerprint density at radius 3 is 2.47 bits per heavy atom. The van der Waals surface area contributed by atoms with E-state index in [2.05, 4.69) is 10.3 Å². The van der Waals surface area contributed by atoms with Gasteiger partial charge in [0.25, 0.3) is 5.56 Å². The molecule has 1 aliphatic rings. The molecule has 0 spiro atoms. The average molecular weight is 266 g/mol. The lowest BCUT2D eigenvalue weighted by Gasteiger charge is -2.19. The van der Waals surface area contributed by atoms with Gasteiger partial charge in [-0.25, -0.2) is 4.79 Å². The summed E-state index contributed by atoms with van der Waals surface area (Å²) in [5.74, 6) is 0.237. The van der Waals surface area contributed by atoms with Crippen molar-refractivity contribution in [3.8, 4) is 0 Å². The van der Waals surface area contributed by atoms with Gasteiger partial charge in [-0.3, -0.25) is 14.3 Å². The molecule has 106 valence electrons. The van der Waals surface area contributed by atoms with Crippen LogP contribution in [0.2, 0.25) is 0 Å². The predicted octanol–water partition coefficient (Wildman–Crippen LogP) is 1.27. The maximum Gasteiger partial charge on any atom is 0.330 e. The van der Waals surface area contributed by atoms with Crippen molar-refractivity contribution in [3.63, 3.8) is 0 Å². The monoisotopic (exact) mass is 266 g/mol. The summed E-state index contributed by atoms with van der Waals surface area (Å²) in [5.41, 5.74) is 5.41. The molecule has 1 aliphatic carbocycles. The number of aromatic nitrogens is 2. The smallest absolute Gasteiger partial charge is 0.330 e. The zero-order valence-corrected chi connectivity index (χ0v) is 11.4. The molecule has 1 aromatic rings. The minimum Gasteiger partial charge on any atom is -0.383 e. The zero-order chi connectivity index (χ0) is 13.8. The van der Waals surface area contributed by atoms with E-state index in [1.807, 2.05) is 6.92 Å². The molecule has 4 N–H and O–H groups in total. The fraction of sp³-hybridized carbons (Fsp3) is 0.692. The summed E-state index contributed by atoms with van der Waals surface area (Å²) >= 11 is 0. The van der Waals surface area contributed by atoms with Gasteiger partial charge >= 0.3 is 5.69 Å². The minimum atomic E-state index is -0.448. The van der Waals surface area contributed by atoms with Crippen molar-refractivity contribution in [1.29, 1.82) is 0 Å². The number of nitrogens with zero attached hydrogens (tertiary/aromatic N) is 1. The van der Waals surface area contributed by atoms with Crippen LogP contribution in [0.25, 0.3) is 0 Å². The number of hydrogen-bond donors (Lipinski definition) is 3. The number of nitrogens with two attached hydrogens (primary N) is 1. The van der Waals surface area contributed by atoms with Crippen molar-refractivity contribution in [3.05, 3.63) is 20.8 Å². The molecule has 0 aromatic carbocycles.